The van der Waals surface area contributed by atoms with E-state index < -0.39 is 24.1 Å². The summed E-state index contributed by atoms with van der Waals surface area (Å²) in [6, 6.07) is 10.5. The van der Waals surface area contributed by atoms with Gasteiger partial charge < -0.3 is 30.4 Å². The highest BCUT2D eigenvalue weighted by Crippen LogP contribution is 2.60. The van der Waals surface area contributed by atoms with Gasteiger partial charge in [0.15, 0.2) is 11.9 Å². The minimum Gasteiger partial charge on any atom is -0.508 e. The smallest absolute Gasteiger partial charge is 0.405 e. The molecular weight excluding hydrogens is 570 g/mol. The largest absolute Gasteiger partial charge is 0.508 e. The molecule has 4 fully saturated rings. The van der Waals surface area contributed by atoms with Gasteiger partial charge in [0, 0.05) is 36.4 Å². The average molecular weight is 612 g/mol. The Morgan fingerprint density at radius 1 is 1.09 bits per heavy atom. The summed E-state index contributed by atoms with van der Waals surface area (Å²) in [7, 11) is 0. The van der Waals surface area contributed by atoms with Crippen LogP contribution in [0, 0.1) is 37.0 Å². The van der Waals surface area contributed by atoms with E-state index in [4.69, 9.17) is 20.0 Å². The molecule has 2 unspecified atom stereocenters. The Bertz CT molecular complexity index is 1680. The number of ether oxygens (including phenoxy) is 1. The summed E-state index contributed by atoms with van der Waals surface area (Å²) in [6.07, 6.45) is 8.76. The first-order chi connectivity index (χ1) is 21.6. The van der Waals surface area contributed by atoms with Gasteiger partial charge in [-0.25, -0.2) is 4.79 Å². The van der Waals surface area contributed by atoms with Crippen LogP contribution >= 0.6 is 0 Å². The highest BCUT2D eigenvalue weighted by molar-refractivity contribution is 5.85. The number of hydrogen-bond donors (Lipinski definition) is 4. The second-order valence-electron chi connectivity index (χ2n) is 14.0. The Balaban J connectivity index is 1.16. The second kappa shape index (κ2) is 11.5. The summed E-state index contributed by atoms with van der Waals surface area (Å²) >= 11 is 0. The summed E-state index contributed by atoms with van der Waals surface area (Å²) in [5.74, 6) is 3.07. The lowest BCUT2D eigenvalue weighted by atomic mass is 9.49. The van der Waals surface area contributed by atoms with E-state index in [1.54, 1.807) is 12.1 Å². The fourth-order valence-corrected chi connectivity index (χ4v) is 9.11. The molecule has 2 amide bonds. The quantitative estimate of drug-likeness (QED) is 0.178. The van der Waals surface area contributed by atoms with E-state index in [0.29, 0.717) is 18.1 Å². The third-order valence-corrected chi connectivity index (χ3v) is 10.5. The van der Waals surface area contributed by atoms with Crippen molar-refractivity contribution in [1.82, 2.24) is 20.4 Å². The maximum absolute atomic E-state index is 13.9. The normalized spacial score (nSPS) is 24.9. The molecule has 45 heavy (non-hydrogen) atoms. The second-order valence-corrected chi connectivity index (χ2v) is 14.0. The van der Waals surface area contributed by atoms with Gasteiger partial charge in [-0.3, -0.25) is 4.79 Å². The van der Waals surface area contributed by atoms with Crippen molar-refractivity contribution < 1.29 is 24.0 Å². The van der Waals surface area contributed by atoms with Gasteiger partial charge in [-0.2, -0.15) is 4.98 Å². The number of amides is 2. The van der Waals surface area contributed by atoms with E-state index in [0.717, 1.165) is 57.3 Å². The number of nitrogens with one attached hydrogen (secondary N) is 2. The zero-order chi connectivity index (χ0) is 31.3. The highest BCUT2D eigenvalue weighted by Gasteiger charge is 2.51. The SMILES string of the molecule is Cc1cc(O)cc(C)c1CC(OC(N)=O)C(=O)NC(Cc1c[nH]c2ccccc12)c1nc(CC23CC4CC(CC(C4)C2)C3)no1. The van der Waals surface area contributed by atoms with Crippen LogP contribution in [0.2, 0.25) is 0 Å². The molecule has 4 saturated carbocycles. The summed E-state index contributed by atoms with van der Waals surface area (Å²) < 4.78 is 11.2. The van der Waals surface area contributed by atoms with Crippen molar-refractivity contribution in [1.29, 1.82) is 0 Å². The van der Waals surface area contributed by atoms with Gasteiger partial charge in [-0.05, 0) is 116 Å². The number of aryl methyl sites for hydroxylation is 2. The zero-order valence-corrected chi connectivity index (χ0v) is 25.8. The molecule has 2 heterocycles. The molecule has 10 nitrogen and oxygen atoms in total. The topological polar surface area (TPSA) is 156 Å². The Kier molecular flexibility index (Phi) is 7.54. The minimum atomic E-state index is -1.20. The van der Waals surface area contributed by atoms with Crippen molar-refractivity contribution in [2.24, 2.45) is 28.9 Å². The van der Waals surface area contributed by atoms with Crippen LogP contribution in [0.15, 0.2) is 47.1 Å². The van der Waals surface area contributed by atoms with Crippen molar-refractivity contribution >= 4 is 22.9 Å². The molecule has 2 aromatic heterocycles. The number of aromatic amines is 1. The molecule has 0 saturated heterocycles. The predicted molar refractivity (Wildman–Crippen MR) is 167 cm³/mol. The number of para-hydroxylation sites is 1. The number of aromatic nitrogens is 3. The number of rotatable bonds is 10. The van der Waals surface area contributed by atoms with Crippen LogP contribution in [0.4, 0.5) is 4.79 Å². The monoisotopic (exact) mass is 611 g/mol. The number of H-pyrrole nitrogens is 1. The number of nitrogens with zero attached hydrogens (tertiary/aromatic N) is 2. The lowest BCUT2D eigenvalue weighted by molar-refractivity contribution is -0.130. The van der Waals surface area contributed by atoms with Crippen LogP contribution in [0.25, 0.3) is 10.9 Å². The number of carbonyl (C=O) groups is 2. The number of primary amides is 1. The Hall–Kier alpha value is -4.34. The molecule has 4 aliphatic carbocycles. The van der Waals surface area contributed by atoms with Crippen LogP contribution in [0.1, 0.15) is 78.5 Å². The fourth-order valence-electron chi connectivity index (χ4n) is 9.11. The Labute approximate surface area is 262 Å². The van der Waals surface area contributed by atoms with Gasteiger partial charge >= 0.3 is 6.09 Å². The number of carbonyl (C=O) groups excluding carboxylic acids is 2. The third kappa shape index (κ3) is 6.02. The maximum atomic E-state index is 13.9. The third-order valence-electron chi connectivity index (χ3n) is 10.5. The molecule has 5 N–H and O–H groups in total. The number of aromatic hydroxyl groups is 1. The number of nitrogens with two attached hydrogens (primary N) is 1. The van der Waals surface area contributed by atoms with Crippen molar-refractivity contribution in [2.45, 2.75) is 83.8 Å². The average Bonchev–Trinajstić information content (AvgIpc) is 3.59. The van der Waals surface area contributed by atoms with Crippen LogP contribution in [0.5, 0.6) is 5.75 Å². The maximum Gasteiger partial charge on any atom is 0.405 e. The first kappa shape index (κ1) is 29.4. The molecule has 4 aromatic rings. The summed E-state index contributed by atoms with van der Waals surface area (Å²) in [5, 5.41) is 18.5. The van der Waals surface area contributed by atoms with E-state index in [1.165, 1.54) is 38.5 Å². The van der Waals surface area contributed by atoms with E-state index in [9.17, 15) is 14.7 Å². The molecule has 0 radical (unpaired) electrons. The molecule has 236 valence electrons. The van der Waals surface area contributed by atoms with Crippen molar-refractivity contribution in [3.05, 3.63) is 76.6 Å². The van der Waals surface area contributed by atoms with Crippen molar-refractivity contribution in [3.8, 4) is 5.75 Å². The van der Waals surface area contributed by atoms with Crippen LogP contribution < -0.4 is 11.1 Å². The van der Waals surface area contributed by atoms with E-state index >= 15 is 0 Å². The standard InChI is InChI=1S/C35H41N5O5/c1-19-7-25(41)8-20(2)27(19)13-30(44-34(36)43)32(42)38-29(12-24-18-37-28-6-4-3-5-26(24)28)33-39-31(40-45-33)17-35-14-21-9-22(15-35)11-23(10-21)16-35/h3-8,18,21-23,29-30,37,41H,9-17H2,1-2H3,(H2,36,43)(H,38,42). The predicted octanol–water partition coefficient (Wildman–Crippen LogP) is 5.74. The van der Waals surface area contributed by atoms with Crippen LogP contribution in [0.3, 0.4) is 0 Å². The Morgan fingerprint density at radius 3 is 2.42 bits per heavy atom. The number of benzene rings is 2. The van der Waals surface area contributed by atoms with Crippen molar-refractivity contribution in [2.75, 3.05) is 0 Å². The molecule has 8 rings (SSSR count). The zero-order valence-electron chi connectivity index (χ0n) is 25.8. The summed E-state index contributed by atoms with van der Waals surface area (Å²) in [6.45, 7) is 3.68. The fraction of sp³-hybridized carbons (Fsp3) is 0.486. The number of hydrogen-bond acceptors (Lipinski definition) is 7. The molecule has 0 aliphatic heterocycles. The first-order valence-corrected chi connectivity index (χ1v) is 16.1. The van der Waals surface area contributed by atoms with Gasteiger partial charge in [0.25, 0.3) is 5.91 Å². The minimum absolute atomic E-state index is 0.0909. The lowest BCUT2D eigenvalue weighted by Gasteiger charge is -2.56. The van der Waals surface area contributed by atoms with Crippen LogP contribution in [-0.4, -0.2) is 38.3 Å². The van der Waals surface area contributed by atoms with E-state index in [2.05, 4.69) is 15.5 Å². The van der Waals surface area contributed by atoms with E-state index in [-0.39, 0.29) is 17.6 Å². The molecule has 0 spiro atoms. The molecule has 10 heteroatoms. The Morgan fingerprint density at radius 2 is 1.76 bits per heavy atom. The lowest BCUT2D eigenvalue weighted by Crippen LogP contribution is -2.47. The summed E-state index contributed by atoms with van der Waals surface area (Å²) in [5.41, 5.74) is 9.97. The van der Waals surface area contributed by atoms with Gasteiger partial charge in [-0.15, -0.1) is 0 Å². The first-order valence-electron chi connectivity index (χ1n) is 16.1. The molecule has 4 bridgehead atoms. The molecule has 2 atom stereocenters. The molecule has 2 aromatic carbocycles. The molecule has 4 aliphatic rings. The highest BCUT2D eigenvalue weighted by atomic mass is 16.6. The molecular formula is C35H41N5O5. The van der Waals surface area contributed by atoms with Gasteiger partial charge in [0.1, 0.15) is 11.8 Å². The summed E-state index contributed by atoms with van der Waals surface area (Å²) in [4.78, 5) is 34.0. The number of phenols is 1. The van der Waals surface area contributed by atoms with Crippen molar-refractivity contribution in [3.63, 3.8) is 0 Å². The number of fused-ring (bicyclic) bond motifs is 1. The van der Waals surface area contributed by atoms with Gasteiger partial charge in [0.2, 0.25) is 5.89 Å². The van der Waals surface area contributed by atoms with Gasteiger partial charge in [-0.1, -0.05) is 23.4 Å². The number of phenolic OH excluding ortho intramolecular Hbond substituents is 1. The van der Waals surface area contributed by atoms with Crippen LogP contribution in [-0.2, 0) is 28.8 Å². The van der Waals surface area contributed by atoms with E-state index in [1.807, 2.05) is 44.3 Å². The van der Waals surface area contributed by atoms with Gasteiger partial charge in [0.05, 0.1) is 0 Å².